The Balaban J connectivity index is 1.58. The Hall–Kier alpha value is -1.82. The number of nitrogens with zero attached hydrogens (tertiary/aromatic N) is 2. The van der Waals surface area contributed by atoms with Gasteiger partial charge >= 0.3 is 0 Å². The van der Waals surface area contributed by atoms with Crippen LogP contribution in [-0.4, -0.2) is 16.7 Å². The van der Waals surface area contributed by atoms with Crippen molar-refractivity contribution >= 4 is 0 Å². The number of aromatic nitrogens is 2. The van der Waals surface area contributed by atoms with Crippen LogP contribution in [0.1, 0.15) is 30.1 Å². The average Bonchev–Trinajstić information content (AvgIpc) is 3.09. The highest BCUT2D eigenvalue weighted by Crippen LogP contribution is 2.27. The molecule has 0 atom stereocenters. The topological polar surface area (TPSA) is 51.0 Å². The molecule has 0 saturated heterocycles. The highest BCUT2D eigenvalue weighted by atomic mass is 19.1. The van der Waals surface area contributed by atoms with Gasteiger partial charge in [0.25, 0.3) is 0 Å². The fourth-order valence-electron chi connectivity index (χ4n) is 2.03. The lowest BCUT2D eigenvalue weighted by atomic mass is 10.1. The molecule has 1 aliphatic rings. The Kier molecular flexibility index (Phi) is 3.73. The Bertz CT molecular complexity index is 576. The number of hydrogen-bond donors (Lipinski definition) is 1. The van der Waals surface area contributed by atoms with Crippen molar-refractivity contribution in [1.29, 1.82) is 0 Å². The zero-order valence-corrected chi connectivity index (χ0v) is 10.9. The second-order valence-electron chi connectivity index (χ2n) is 5.13. The van der Waals surface area contributed by atoms with Gasteiger partial charge in [-0.15, -0.1) is 0 Å². The Morgan fingerprint density at radius 3 is 2.65 bits per heavy atom. The van der Waals surface area contributed by atoms with E-state index in [-0.39, 0.29) is 6.42 Å². The molecule has 3 rings (SSSR count). The second kappa shape index (κ2) is 5.66. The smallest absolute Gasteiger partial charge is 0.240 e. The molecule has 0 spiro atoms. The van der Waals surface area contributed by atoms with E-state index in [1.807, 2.05) is 0 Å². The van der Waals surface area contributed by atoms with Gasteiger partial charge in [0.1, 0.15) is 11.6 Å². The van der Waals surface area contributed by atoms with Crippen molar-refractivity contribution in [2.75, 3.05) is 6.54 Å². The summed E-state index contributed by atoms with van der Waals surface area (Å²) in [7, 11) is 0. The van der Waals surface area contributed by atoms with E-state index >= 15 is 0 Å². The summed E-state index contributed by atoms with van der Waals surface area (Å²) in [5.74, 6) is 0.507. The largest absolute Gasteiger partial charge is 0.338 e. The summed E-state index contributed by atoms with van der Waals surface area (Å²) < 4.78 is 31.2. The lowest BCUT2D eigenvalue weighted by molar-refractivity contribution is 0.362. The monoisotopic (exact) mass is 279 g/mol. The molecule has 106 valence electrons. The quantitative estimate of drug-likeness (QED) is 0.882. The maximum Gasteiger partial charge on any atom is 0.240 e. The van der Waals surface area contributed by atoms with Crippen molar-refractivity contribution in [1.82, 2.24) is 15.5 Å². The summed E-state index contributed by atoms with van der Waals surface area (Å²) in [4.78, 5) is 4.20. The normalized spacial score (nSPS) is 14.7. The minimum absolute atomic E-state index is 0.251. The lowest BCUT2D eigenvalue weighted by Crippen LogP contribution is -2.16. The van der Waals surface area contributed by atoms with Crippen molar-refractivity contribution in [3.63, 3.8) is 0 Å². The van der Waals surface area contributed by atoms with Gasteiger partial charge in [0.05, 0.1) is 6.54 Å². The van der Waals surface area contributed by atoms with Crippen LogP contribution in [0.25, 0.3) is 0 Å². The van der Waals surface area contributed by atoms with E-state index in [2.05, 4.69) is 15.5 Å². The number of benzene rings is 1. The van der Waals surface area contributed by atoms with Crippen molar-refractivity contribution in [3.8, 4) is 0 Å². The van der Waals surface area contributed by atoms with E-state index in [0.29, 0.717) is 23.8 Å². The van der Waals surface area contributed by atoms with Crippen LogP contribution >= 0.6 is 0 Å². The first-order valence-electron chi connectivity index (χ1n) is 6.66. The lowest BCUT2D eigenvalue weighted by Gasteiger charge is -1.98. The molecule has 1 aliphatic carbocycles. The highest BCUT2D eigenvalue weighted by molar-refractivity contribution is 5.21. The molecular formula is C14H15F2N3O. The molecule has 0 radical (unpaired) electrons. The molecule has 1 heterocycles. The van der Waals surface area contributed by atoms with E-state index < -0.39 is 11.6 Å². The summed E-state index contributed by atoms with van der Waals surface area (Å²) in [6, 6.07) is 3.38. The number of halogens is 2. The van der Waals surface area contributed by atoms with Gasteiger partial charge in [0.15, 0.2) is 5.82 Å². The van der Waals surface area contributed by atoms with Gasteiger partial charge in [-0.05, 0) is 43.0 Å². The van der Waals surface area contributed by atoms with Gasteiger partial charge in [-0.25, -0.2) is 8.78 Å². The van der Waals surface area contributed by atoms with Crippen LogP contribution in [-0.2, 0) is 13.0 Å². The Morgan fingerprint density at radius 1 is 1.20 bits per heavy atom. The van der Waals surface area contributed by atoms with Crippen LogP contribution in [0.5, 0.6) is 0 Å². The fraction of sp³-hybridized carbons (Fsp3) is 0.429. The van der Waals surface area contributed by atoms with Crippen LogP contribution in [0.4, 0.5) is 8.78 Å². The van der Waals surface area contributed by atoms with Crippen LogP contribution in [0.2, 0.25) is 0 Å². The first-order chi connectivity index (χ1) is 9.69. The molecule has 0 unspecified atom stereocenters. The standard InChI is InChI=1S/C14H15F2N3O/c15-11-3-10(4-12(16)6-11)5-13-18-14(20-19-13)8-17-7-9-1-2-9/h3-4,6,9,17H,1-2,5,7-8H2. The zero-order valence-electron chi connectivity index (χ0n) is 10.9. The predicted molar refractivity (Wildman–Crippen MR) is 67.9 cm³/mol. The first kappa shape index (κ1) is 13.2. The Labute approximate surface area is 115 Å². The molecule has 1 aromatic heterocycles. The number of rotatable bonds is 6. The molecule has 1 fully saturated rings. The van der Waals surface area contributed by atoms with E-state index in [4.69, 9.17) is 4.52 Å². The van der Waals surface area contributed by atoms with Crippen LogP contribution < -0.4 is 5.32 Å². The van der Waals surface area contributed by atoms with Gasteiger partial charge in [0.2, 0.25) is 5.89 Å². The molecular weight excluding hydrogens is 264 g/mol. The van der Waals surface area contributed by atoms with Gasteiger partial charge < -0.3 is 9.84 Å². The summed E-state index contributed by atoms with van der Waals surface area (Å²) >= 11 is 0. The van der Waals surface area contributed by atoms with Gasteiger partial charge in [-0.2, -0.15) is 4.98 Å². The Morgan fingerprint density at radius 2 is 1.95 bits per heavy atom. The molecule has 0 bridgehead atoms. The van der Waals surface area contributed by atoms with E-state index in [0.717, 1.165) is 18.5 Å². The molecule has 1 aromatic carbocycles. The van der Waals surface area contributed by atoms with Gasteiger partial charge in [-0.3, -0.25) is 0 Å². The predicted octanol–water partition coefficient (Wildman–Crippen LogP) is 2.44. The minimum Gasteiger partial charge on any atom is -0.338 e. The van der Waals surface area contributed by atoms with Crippen molar-refractivity contribution in [3.05, 3.63) is 47.1 Å². The summed E-state index contributed by atoms with van der Waals surface area (Å²) in [5.41, 5.74) is 0.487. The summed E-state index contributed by atoms with van der Waals surface area (Å²) in [5, 5.41) is 7.06. The van der Waals surface area contributed by atoms with Gasteiger partial charge in [0, 0.05) is 12.5 Å². The van der Waals surface area contributed by atoms with Crippen LogP contribution in [0, 0.1) is 17.6 Å². The molecule has 1 N–H and O–H groups in total. The minimum atomic E-state index is -0.602. The van der Waals surface area contributed by atoms with E-state index in [1.165, 1.54) is 25.0 Å². The number of hydrogen-bond acceptors (Lipinski definition) is 4. The SMILES string of the molecule is Fc1cc(F)cc(Cc2noc(CNCC3CC3)n2)c1. The van der Waals surface area contributed by atoms with Crippen LogP contribution in [0.15, 0.2) is 22.7 Å². The zero-order chi connectivity index (χ0) is 13.9. The fourth-order valence-corrected chi connectivity index (χ4v) is 2.03. The van der Waals surface area contributed by atoms with Crippen molar-refractivity contribution in [2.45, 2.75) is 25.8 Å². The van der Waals surface area contributed by atoms with E-state index in [1.54, 1.807) is 0 Å². The third-order valence-corrected chi connectivity index (χ3v) is 3.20. The maximum absolute atomic E-state index is 13.1. The second-order valence-corrected chi connectivity index (χ2v) is 5.13. The number of nitrogens with one attached hydrogen (secondary N) is 1. The molecule has 20 heavy (non-hydrogen) atoms. The molecule has 0 amide bonds. The molecule has 4 nitrogen and oxygen atoms in total. The summed E-state index contributed by atoms with van der Waals surface area (Å²) in [6.45, 7) is 1.49. The van der Waals surface area contributed by atoms with Crippen molar-refractivity contribution < 1.29 is 13.3 Å². The average molecular weight is 279 g/mol. The molecule has 6 heteroatoms. The van der Waals surface area contributed by atoms with Crippen molar-refractivity contribution in [2.24, 2.45) is 5.92 Å². The first-order valence-corrected chi connectivity index (χ1v) is 6.66. The van der Waals surface area contributed by atoms with Gasteiger partial charge in [-0.1, -0.05) is 5.16 Å². The molecule has 1 saturated carbocycles. The van der Waals surface area contributed by atoms with Crippen LogP contribution in [0.3, 0.4) is 0 Å². The third kappa shape index (κ3) is 3.60. The van der Waals surface area contributed by atoms with E-state index in [9.17, 15) is 8.78 Å². The highest BCUT2D eigenvalue weighted by Gasteiger charge is 2.20. The third-order valence-electron chi connectivity index (χ3n) is 3.20. The summed E-state index contributed by atoms with van der Waals surface area (Å²) in [6.07, 6.45) is 2.82. The molecule has 2 aromatic rings. The maximum atomic E-state index is 13.1. The molecule has 0 aliphatic heterocycles.